The number of para-hydroxylation sites is 1. The Bertz CT molecular complexity index is 1400. The van der Waals surface area contributed by atoms with Crippen LogP contribution in [0.5, 0.6) is 0 Å². The van der Waals surface area contributed by atoms with Gasteiger partial charge in [0.1, 0.15) is 0 Å². The molecule has 11 heteroatoms. The van der Waals surface area contributed by atoms with Crippen molar-refractivity contribution in [3.63, 3.8) is 0 Å². The molecular weight excluding hydrogens is 714 g/mol. The van der Waals surface area contributed by atoms with Crippen LogP contribution in [0.15, 0.2) is 51.4 Å². The first-order valence-corrected chi connectivity index (χ1v) is 18.4. The van der Waals surface area contributed by atoms with Crippen molar-refractivity contribution in [3.05, 3.63) is 62.5 Å². The lowest BCUT2D eigenvalue weighted by Gasteiger charge is -2.40. The number of benzene rings is 2. The molecule has 9 nitrogen and oxygen atoms in total. The highest BCUT2D eigenvalue weighted by molar-refractivity contribution is 9.13. The summed E-state index contributed by atoms with van der Waals surface area (Å²) in [5, 5.41) is 3.06. The van der Waals surface area contributed by atoms with Crippen LogP contribution in [-0.2, 0) is 22.4 Å². The van der Waals surface area contributed by atoms with E-state index >= 15 is 0 Å². The fourth-order valence-electron chi connectivity index (χ4n) is 7.65. The van der Waals surface area contributed by atoms with Crippen molar-refractivity contribution >= 4 is 55.6 Å². The average molecular weight is 760 g/mol. The molecule has 3 fully saturated rings. The number of amides is 4. The summed E-state index contributed by atoms with van der Waals surface area (Å²) in [6.07, 6.45) is 5.58. The van der Waals surface area contributed by atoms with Gasteiger partial charge in [0.05, 0.1) is 0 Å². The number of halogens is 2. The second kappa shape index (κ2) is 15.1. The molecule has 0 bridgehead atoms. The first-order chi connectivity index (χ1) is 22.2. The van der Waals surface area contributed by atoms with E-state index in [9.17, 15) is 14.4 Å². The zero-order valence-corrected chi connectivity index (χ0v) is 29.8. The summed E-state index contributed by atoms with van der Waals surface area (Å²) in [5.41, 5.74) is 2.93. The van der Waals surface area contributed by atoms with Gasteiger partial charge in [0.15, 0.2) is 6.10 Å². The number of rotatable bonds is 6. The Morgan fingerprint density at radius 3 is 2.20 bits per heavy atom. The summed E-state index contributed by atoms with van der Waals surface area (Å²) in [4.78, 5) is 48.5. The van der Waals surface area contributed by atoms with Gasteiger partial charge >= 0.3 is 12.1 Å². The van der Waals surface area contributed by atoms with Crippen LogP contribution in [0.3, 0.4) is 0 Å². The van der Waals surface area contributed by atoms with Crippen LogP contribution in [0.4, 0.5) is 15.3 Å². The molecule has 2 aromatic rings. The van der Waals surface area contributed by atoms with Crippen molar-refractivity contribution in [2.45, 2.75) is 63.5 Å². The van der Waals surface area contributed by atoms with Crippen LogP contribution in [0.25, 0.3) is 0 Å². The van der Waals surface area contributed by atoms with E-state index < -0.39 is 12.2 Å². The minimum absolute atomic E-state index is 0.0433. The van der Waals surface area contributed by atoms with Crippen molar-refractivity contribution in [1.82, 2.24) is 19.6 Å². The largest absolute Gasteiger partial charge is 0.436 e. The van der Waals surface area contributed by atoms with Gasteiger partial charge in [-0.15, -0.1) is 0 Å². The van der Waals surface area contributed by atoms with Crippen molar-refractivity contribution in [2.75, 3.05) is 58.2 Å². The van der Waals surface area contributed by atoms with E-state index in [4.69, 9.17) is 4.74 Å². The smallest absolute Gasteiger partial charge is 0.410 e. The molecule has 0 saturated carbocycles. The summed E-state index contributed by atoms with van der Waals surface area (Å²) in [6, 6.07) is 13.8. The number of urea groups is 1. The lowest BCUT2D eigenvalue weighted by molar-refractivity contribution is -0.142. The fourth-order valence-corrected chi connectivity index (χ4v) is 8.32. The number of nitrogens with one attached hydrogen (secondary N) is 1. The predicted octanol–water partition coefficient (Wildman–Crippen LogP) is 6.39. The number of piperidine rings is 3. The van der Waals surface area contributed by atoms with E-state index in [1.54, 1.807) is 4.90 Å². The van der Waals surface area contributed by atoms with Crippen LogP contribution < -0.4 is 5.32 Å². The van der Waals surface area contributed by atoms with Crippen LogP contribution in [0, 0.1) is 11.8 Å². The Kier molecular flexibility index (Phi) is 10.9. The van der Waals surface area contributed by atoms with Crippen molar-refractivity contribution < 1.29 is 19.1 Å². The summed E-state index contributed by atoms with van der Waals surface area (Å²) >= 11 is 7.10. The minimum Gasteiger partial charge on any atom is -0.436 e. The first-order valence-electron chi connectivity index (χ1n) is 16.8. The number of anilines is 1. The molecule has 6 rings (SSSR count). The maximum absolute atomic E-state index is 14.0. The number of hydrogen-bond donors (Lipinski definition) is 1. The third kappa shape index (κ3) is 7.90. The van der Waals surface area contributed by atoms with Crippen LogP contribution in [0.2, 0.25) is 0 Å². The SMILES string of the molecule is CN1CCC(C2CCN(C(=O)[C@@H](Cc3ccc(Br)c(Br)c3)OC(=O)N3CCC(N4CCc5ccccc5NC4=O)CC3)CC2)CC1. The topological polar surface area (TPSA) is 85.4 Å². The first kappa shape index (κ1) is 33.3. The number of likely N-dealkylation sites (tertiary alicyclic amines) is 3. The summed E-state index contributed by atoms with van der Waals surface area (Å²) in [7, 11) is 2.19. The number of hydrogen-bond acceptors (Lipinski definition) is 5. The zero-order valence-electron chi connectivity index (χ0n) is 26.6. The van der Waals surface area contributed by atoms with Crippen molar-refractivity contribution in [1.29, 1.82) is 0 Å². The van der Waals surface area contributed by atoms with Gasteiger partial charge in [-0.1, -0.05) is 24.3 Å². The average Bonchev–Trinajstić information content (AvgIpc) is 3.24. The second-order valence-corrected chi connectivity index (χ2v) is 15.1. The van der Waals surface area contributed by atoms with Gasteiger partial charge in [0, 0.05) is 59.8 Å². The number of fused-ring (bicyclic) bond motifs is 1. The number of nitrogens with zero attached hydrogens (tertiary/aromatic N) is 4. The van der Waals surface area contributed by atoms with Gasteiger partial charge in [0.25, 0.3) is 5.91 Å². The highest BCUT2D eigenvalue weighted by Gasteiger charge is 2.37. The zero-order chi connectivity index (χ0) is 32.2. The standard InChI is InChI=1S/C35H45Br2N5O4/c1-39-15-8-25(9-16-39)26-10-17-40(18-11-26)33(43)32(23-24-6-7-29(36)30(37)22-24)46-35(45)41-19-13-28(14-20-41)42-21-12-27-4-2-3-5-31(27)38-34(42)44/h2-7,22,25-26,28,32H,8-21,23H2,1H3,(H,38,44)/t32-/m1/s1. The lowest BCUT2D eigenvalue weighted by Crippen LogP contribution is -2.52. The molecule has 1 N–H and O–H groups in total. The molecule has 248 valence electrons. The predicted molar refractivity (Wildman–Crippen MR) is 186 cm³/mol. The highest BCUT2D eigenvalue weighted by Crippen LogP contribution is 2.33. The Balaban J connectivity index is 1.07. The van der Waals surface area contributed by atoms with Crippen molar-refractivity contribution in [2.24, 2.45) is 11.8 Å². The molecule has 0 aliphatic carbocycles. The fraction of sp³-hybridized carbons (Fsp3) is 0.571. The molecule has 4 aliphatic rings. The Labute approximate surface area is 289 Å². The molecule has 0 radical (unpaired) electrons. The van der Waals surface area contributed by atoms with E-state index in [1.807, 2.05) is 46.2 Å². The van der Waals surface area contributed by atoms with Gasteiger partial charge in [-0.25, -0.2) is 9.59 Å². The normalized spacial score (nSPS) is 21.4. The summed E-state index contributed by atoms with van der Waals surface area (Å²) in [6.45, 7) is 5.33. The van der Waals surface area contributed by atoms with Crippen LogP contribution in [-0.4, -0.2) is 103 Å². The Hall–Kier alpha value is -2.63. The van der Waals surface area contributed by atoms with Crippen LogP contribution >= 0.6 is 31.9 Å². The molecule has 46 heavy (non-hydrogen) atoms. The molecule has 1 atom stereocenters. The number of carbonyl (C=O) groups excluding carboxylic acids is 3. The molecule has 0 spiro atoms. The Morgan fingerprint density at radius 2 is 1.50 bits per heavy atom. The highest BCUT2D eigenvalue weighted by atomic mass is 79.9. The maximum atomic E-state index is 14.0. The van der Waals surface area contributed by atoms with E-state index in [0.717, 1.165) is 64.0 Å². The quantitative estimate of drug-likeness (QED) is 0.369. The molecule has 2 aromatic carbocycles. The van der Waals surface area contributed by atoms with Gasteiger partial charge in [-0.2, -0.15) is 0 Å². The molecule has 4 aliphatic heterocycles. The maximum Gasteiger partial charge on any atom is 0.410 e. The second-order valence-electron chi connectivity index (χ2n) is 13.4. The Morgan fingerprint density at radius 1 is 0.848 bits per heavy atom. The number of carbonyl (C=O) groups is 3. The summed E-state index contributed by atoms with van der Waals surface area (Å²) < 4.78 is 7.89. The molecular formula is C35H45Br2N5O4. The summed E-state index contributed by atoms with van der Waals surface area (Å²) in [5.74, 6) is 1.29. The third-order valence-electron chi connectivity index (χ3n) is 10.5. The van der Waals surface area contributed by atoms with Crippen molar-refractivity contribution in [3.8, 4) is 0 Å². The molecule has 0 aromatic heterocycles. The van der Waals surface area contributed by atoms with Crippen LogP contribution in [0.1, 0.15) is 49.7 Å². The molecule has 3 saturated heterocycles. The van der Waals surface area contributed by atoms with Gasteiger partial charge < -0.3 is 29.7 Å². The third-order valence-corrected chi connectivity index (χ3v) is 12.4. The van der Waals surface area contributed by atoms with Gasteiger partial charge in [-0.05, 0) is 138 Å². The monoisotopic (exact) mass is 757 g/mol. The van der Waals surface area contributed by atoms with Gasteiger partial charge in [-0.3, -0.25) is 4.79 Å². The minimum atomic E-state index is -0.895. The van der Waals surface area contributed by atoms with E-state index in [0.29, 0.717) is 57.9 Å². The van der Waals surface area contributed by atoms with Gasteiger partial charge in [0.2, 0.25) is 0 Å². The lowest BCUT2D eigenvalue weighted by atomic mass is 9.79. The van der Waals surface area contributed by atoms with E-state index in [-0.39, 0.29) is 18.0 Å². The molecule has 0 unspecified atom stereocenters. The number of ether oxygens (including phenoxy) is 1. The van der Waals surface area contributed by atoms with E-state index in [2.05, 4.69) is 55.2 Å². The molecule has 4 heterocycles. The van der Waals surface area contributed by atoms with E-state index in [1.165, 1.54) is 12.8 Å². The molecule has 4 amide bonds.